The SMILES string of the molecule is CS(=O)(=O)CCCOc1ccc(Oc2ccc(F)c3c2CC[C@H]3Oc2ccc3c(c2)OC[C@H]3CC(=O)O)cc1. The second-order valence-corrected chi connectivity index (χ2v) is 12.1. The van der Waals surface area contributed by atoms with Crippen LogP contribution in [0.1, 0.15) is 48.0 Å². The molecule has 206 valence electrons. The minimum Gasteiger partial charge on any atom is -0.494 e. The van der Waals surface area contributed by atoms with Crippen LogP contribution in [-0.2, 0) is 21.1 Å². The van der Waals surface area contributed by atoms with Gasteiger partial charge in [0.15, 0.2) is 0 Å². The summed E-state index contributed by atoms with van der Waals surface area (Å²) >= 11 is 0. The molecule has 0 amide bonds. The van der Waals surface area contributed by atoms with Gasteiger partial charge < -0.3 is 24.1 Å². The van der Waals surface area contributed by atoms with Crippen molar-refractivity contribution in [2.75, 3.05) is 25.2 Å². The van der Waals surface area contributed by atoms with Crippen molar-refractivity contribution in [1.29, 1.82) is 0 Å². The molecule has 5 rings (SSSR count). The number of halogens is 1. The Balaban J connectivity index is 1.25. The van der Waals surface area contributed by atoms with Crippen LogP contribution in [0, 0.1) is 5.82 Å². The predicted octanol–water partition coefficient (Wildman–Crippen LogP) is 5.45. The Morgan fingerprint density at radius 3 is 2.56 bits per heavy atom. The molecule has 0 saturated heterocycles. The van der Waals surface area contributed by atoms with E-state index in [1.165, 1.54) is 12.3 Å². The number of sulfone groups is 1. The van der Waals surface area contributed by atoms with Gasteiger partial charge in [0.1, 0.15) is 50.5 Å². The van der Waals surface area contributed by atoms with E-state index in [1.54, 1.807) is 42.5 Å². The zero-order valence-electron chi connectivity index (χ0n) is 21.4. The molecule has 0 unspecified atom stereocenters. The first-order valence-electron chi connectivity index (χ1n) is 12.7. The van der Waals surface area contributed by atoms with Crippen LogP contribution in [0.3, 0.4) is 0 Å². The number of aliphatic carboxylic acids is 1. The van der Waals surface area contributed by atoms with Crippen molar-refractivity contribution in [3.05, 3.63) is 77.1 Å². The van der Waals surface area contributed by atoms with Gasteiger partial charge >= 0.3 is 5.97 Å². The molecule has 8 nitrogen and oxygen atoms in total. The molecular weight excluding hydrogens is 527 g/mol. The molecule has 1 heterocycles. The van der Waals surface area contributed by atoms with Gasteiger partial charge in [-0.15, -0.1) is 0 Å². The van der Waals surface area contributed by atoms with E-state index in [4.69, 9.17) is 24.1 Å². The van der Waals surface area contributed by atoms with Gasteiger partial charge in [0.25, 0.3) is 0 Å². The second kappa shape index (κ2) is 11.1. The molecule has 3 aromatic rings. The van der Waals surface area contributed by atoms with Gasteiger partial charge in [-0.1, -0.05) is 6.07 Å². The van der Waals surface area contributed by atoms with Crippen LogP contribution in [0.2, 0.25) is 0 Å². The van der Waals surface area contributed by atoms with E-state index in [0.717, 1.165) is 11.1 Å². The maximum atomic E-state index is 15.0. The molecule has 1 N–H and O–H groups in total. The van der Waals surface area contributed by atoms with Crippen LogP contribution < -0.4 is 18.9 Å². The summed E-state index contributed by atoms with van der Waals surface area (Å²) in [5.41, 5.74) is 2.05. The summed E-state index contributed by atoms with van der Waals surface area (Å²) < 4.78 is 60.9. The average molecular weight is 557 g/mol. The summed E-state index contributed by atoms with van der Waals surface area (Å²) in [5.74, 6) is 1.46. The standard InChI is InChI=1S/C29H29FO8S/c1-39(33,34)14-2-13-35-19-3-5-20(6-4-19)37-25-12-10-24(30)29-23(25)9-11-26(29)38-21-7-8-22-18(15-28(31)32)17-36-27(22)16-21/h3-8,10,12,16,18,26H,2,9,11,13-15,17H2,1H3,(H,31,32)/t18-,26-/m1/s1. The topological polar surface area (TPSA) is 108 Å². The Kier molecular flexibility index (Phi) is 7.65. The first-order chi connectivity index (χ1) is 18.7. The summed E-state index contributed by atoms with van der Waals surface area (Å²) in [4.78, 5) is 11.1. The van der Waals surface area contributed by atoms with E-state index in [-0.39, 0.29) is 23.9 Å². The number of carboxylic acid groups (broad SMARTS) is 1. The zero-order chi connectivity index (χ0) is 27.6. The highest BCUT2D eigenvalue weighted by atomic mass is 32.2. The van der Waals surface area contributed by atoms with Crippen LogP contribution in [0.4, 0.5) is 4.39 Å². The molecule has 39 heavy (non-hydrogen) atoms. The van der Waals surface area contributed by atoms with E-state index >= 15 is 0 Å². The van der Waals surface area contributed by atoms with Gasteiger partial charge in [0.05, 0.1) is 25.4 Å². The molecule has 0 spiro atoms. The third-order valence-corrected chi connectivity index (χ3v) is 7.81. The molecule has 2 aliphatic rings. The van der Waals surface area contributed by atoms with Crippen molar-refractivity contribution in [2.45, 2.75) is 37.7 Å². The summed E-state index contributed by atoms with van der Waals surface area (Å²) in [6.45, 7) is 0.600. The number of benzene rings is 3. The highest BCUT2D eigenvalue weighted by molar-refractivity contribution is 7.90. The Labute approximate surface area is 226 Å². The third-order valence-electron chi connectivity index (χ3n) is 6.78. The van der Waals surface area contributed by atoms with Crippen molar-refractivity contribution in [3.8, 4) is 28.7 Å². The first kappa shape index (κ1) is 26.8. The maximum Gasteiger partial charge on any atom is 0.304 e. The summed E-state index contributed by atoms with van der Waals surface area (Å²) in [7, 11) is -3.02. The minimum atomic E-state index is -3.02. The van der Waals surface area contributed by atoms with E-state index in [2.05, 4.69) is 0 Å². The van der Waals surface area contributed by atoms with E-state index in [9.17, 15) is 17.6 Å². The van der Waals surface area contributed by atoms with Gasteiger partial charge in [-0.3, -0.25) is 4.79 Å². The van der Waals surface area contributed by atoms with Crippen molar-refractivity contribution in [3.63, 3.8) is 0 Å². The Morgan fingerprint density at radius 1 is 1.08 bits per heavy atom. The molecule has 0 bridgehead atoms. The predicted molar refractivity (Wildman–Crippen MR) is 141 cm³/mol. The molecule has 0 saturated carbocycles. The summed E-state index contributed by atoms with van der Waals surface area (Å²) in [6, 6.07) is 15.3. The van der Waals surface area contributed by atoms with Crippen molar-refractivity contribution in [2.24, 2.45) is 0 Å². The molecule has 1 aliphatic carbocycles. The maximum absolute atomic E-state index is 15.0. The van der Waals surface area contributed by atoms with Gasteiger partial charge in [-0.25, -0.2) is 12.8 Å². The van der Waals surface area contributed by atoms with Gasteiger partial charge in [0.2, 0.25) is 0 Å². The van der Waals surface area contributed by atoms with Crippen LogP contribution in [0.25, 0.3) is 0 Å². The van der Waals surface area contributed by atoms with Crippen LogP contribution in [0.5, 0.6) is 28.7 Å². The van der Waals surface area contributed by atoms with Crippen LogP contribution >= 0.6 is 0 Å². The summed E-state index contributed by atoms with van der Waals surface area (Å²) in [5, 5.41) is 9.10. The third kappa shape index (κ3) is 6.44. The average Bonchev–Trinajstić information content (AvgIpc) is 3.48. The van der Waals surface area contributed by atoms with E-state index < -0.39 is 21.9 Å². The minimum absolute atomic E-state index is 0.00166. The molecule has 2 atom stereocenters. The first-order valence-corrected chi connectivity index (χ1v) is 14.8. The van der Waals surface area contributed by atoms with Crippen molar-refractivity contribution < 1.29 is 41.7 Å². The number of fused-ring (bicyclic) bond motifs is 2. The van der Waals surface area contributed by atoms with E-state index in [1.807, 2.05) is 6.07 Å². The normalized spacial score (nSPS) is 17.7. The number of carboxylic acids is 1. The molecule has 0 radical (unpaired) electrons. The van der Waals surface area contributed by atoms with Crippen molar-refractivity contribution >= 4 is 15.8 Å². The monoisotopic (exact) mass is 556 g/mol. The number of hydrogen-bond donors (Lipinski definition) is 1. The lowest BCUT2D eigenvalue weighted by Crippen LogP contribution is -2.07. The Morgan fingerprint density at radius 2 is 1.82 bits per heavy atom. The lowest BCUT2D eigenvalue weighted by Gasteiger charge is -2.17. The van der Waals surface area contributed by atoms with E-state index in [0.29, 0.717) is 66.8 Å². The molecule has 1 aliphatic heterocycles. The fraction of sp³-hybridized carbons (Fsp3) is 0.345. The zero-order valence-corrected chi connectivity index (χ0v) is 22.2. The number of hydrogen-bond acceptors (Lipinski definition) is 7. The lowest BCUT2D eigenvalue weighted by molar-refractivity contribution is -0.137. The second-order valence-electron chi connectivity index (χ2n) is 9.79. The Hall–Kier alpha value is -3.79. The largest absolute Gasteiger partial charge is 0.494 e. The smallest absolute Gasteiger partial charge is 0.304 e. The number of carbonyl (C=O) groups is 1. The lowest BCUT2D eigenvalue weighted by atomic mass is 9.98. The summed E-state index contributed by atoms with van der Waals surface area (Å²) in [6.07, 6.45) is 2.26. The molecule has 10 heteroatoms. The molecular formula is C29H29FO8S. The number of ether oxygens (including phenoxy) is 4. The van der Waals surface area contributed by atoms with Crippen LogP contribution in [0.15, 0.2) is 54.6 Å². The van der Waals surface area contributed by atoms with Gasteiger partial charge in [0, 0.05) is 34.9 Å². The highest BCUT2D eigenvalue weighted by Crippen LogP contribution is 2.44. The molecule has 3 aromatic carbocycles. The van der Waals surface area contributed by atoms with Crippen molar-refractivity contribution in [1.82, 2.24) is 0 Å². The highest BCUT2D eigenvalue weighted by Gasteiger charge is 2.32. The quantitative estimate of drug-likeness (QED) is 0.311. The van der Waals surface area contributed by atoms with Crippen LogP contribution in [-0.4, -0.2) is 44.7 Å². The van der Waals surface area contributed by atoms with Gasteiger partial charge in [-0.2, -0.15) is 0 Å². The fourth-order valence-corrected chi connectivity index (χ4v) is 5.61. The van der Waals surface area contributed by atoms with Gasteiger partial charge in [-0.05, 0) is 61.7 Å². The Bertz CT molecular complexity index is 1470. The molecule has 0 aromatic heterocycles. The molecule has 0 fully saturated rings. The number of rotatable bonds is 11. The fourth-order valence-electron chi connectivity index (χ4n) is 4.97.